The molecule has 0 fully saturated rings. The summed E-state index contributed by atoms with van der Waals surface area (Å²) in [4.78, 5) is 36.8. The summed E-state index contributed by atoms with van der Waals surface area (Å²) in [5.74, 6) is 0.570. The molecular weight excluding hydrogens is 490 g/mol. The Morgan fingerprint density at radius 2 is 1.89 bits per heavy atom. The van der Waals surface area contributed by atoms with Crippen molar-refractivity contribution in [3.8, 4) is 11.5 Å². The third kappa shape index (κ3) is 7.93. The van der Waals surface area contributed by atoms with Crippen LogP contribution in [0.15, 0.2) is 50.1 Å². The number of carbonyl (C=O) groups is 2. The van der Waals surface area contributed by atoms with Crippen LogP contribution in [0.25, 0.3) is 0 Å². The standard InChI is InChI=1S/C24H27N3O6S2/c1-4-16(5-2)22(30)25-23-26-27-24(35-23)34-14-18-12-19(28)20(13-32-18)33-21(29)11-15-7-9-17(10-8-15)31-6-3/h7-10,12-13,16H,4-6,11,14H2,1-3H3,(H,25,26,30). The first-order valence-electron chi connectivity index (χ1n) is 11.2. The molecule has 1 N–H and O–H groups in total. The van der Waals surface area contributed by atoms with Gasteiger partial charge < -0.3 is 19.2 Å². The molecule has 0 saturated heterocycles. The van der Waals surface area contributed by atoms with Gasteiger partial charge in [0.25, 0.3) is 0 Å². The summed E-state index contributed by atoms with van der Waals surface area (Å²) in [6.45, 7) is 6.39. The smallest absolute Gasteiger partial charge is 0.315 e. The zero-order valence-corrected chi connectivity index (χ0v) is 21.4. The Bertz CT molecular complexity index is 1190. The Morgan fingerprint density at radius 1 is 1.14 bits per heavy atom. The predicted octanol–water partition coefficient (Wildman–Crippen LogP) is 4.71. The Labute approximate surface area is 211 Å². The van der Waals surface area contributed by atoms with Crippen LogP contribution in [0.4, 0.5) is 5.13 Å². The first kappa shape index (κ1) is 26.4. The van der Waals surface area contributed by atoms with E-state index in [2.05, 4.69) is 15.5 Å². The predicted molar refractivity (Wildman–Crippen MR) is 134 cm³/mol. The highest BCUT2D eigenvalue weighted by Crippen LogP contribution is 2.29. The number of amides is 1. The number of nitrogens with one attached hydrogen (secondary N) is 1. The number of carbonyl (C=O) groups excluding carboxylic acids is 2. The van der Waals surface area contributed by atoms with E-state index in [-0.39, 0.29) is 24.0 Å². The van der Waals surface area contributed by atoms with Gasteiger partial charge >= 0.3 is 5.97 Å². The van der Waals surface area contributed by atoms with Crippen molar-refractivity contribution in [2.24, 2.45) is 5.92 Å². The van der Waals surface area contributed by atoms with Crippen LogP contribution in [0, 0.1) is 5.92 Å². The van der Waals surface area contributed by atoms with Crippen molar-refractivity contribution in [2.75, 3.05) is 11.9 Å². The molecule has 0 aliphatic rings. The molecular formula is C24H27N3O6S2. The van der Waals surface area contributed by atoms with Crippen LogP contribution in [0.1, 0.15) is 44.9 Å². The first-order chi connectivity index (χ1) is 16.9. The second kappa shape index (κ2) is 13.1. The number of ether oxygens (including phenoxy) is 2. The van der Waals surface area contributed by atoms with Gasteiger partial charge in [0.15, 0.2) is 4.34 Å². The maximum atomic E-state index is 12.4. The molecule has 0 spiro atoms. The van der Waals surface area contributed by atoms with Gasteiger partial charge in [-0.3, -0.25) is 14.4 Å². The molecule has 2 heterocycles. The number of anilines is 1. The molecule has 1 amide bonds. The molecule has 0 aliphatic heterocycles. The van der Waals surface area contributed by atoms with Gasteiger partial charge in [0.05, 0.1) is 18.8 Å². The lowest BCUT2D eigenvalue weighted by molar-refractivity contribution is -0.133. The molecule has 1 aromatic carbocycles. The van der Waals surface area contributed by atoms with E-state index >= 15 is 0 Å². The zero-order valence-electron chi connectivity index (χ0n) is 19.7. The number of aromatic nitrogens is 2. The van der Waals surface area contributed by atoms with Gasteiger partial charge in [-0.25, -0.2) is 0 Å². The third-order valence-corrected chi connectivity index (χ3v) is 6.98. The zero-order chi connectivity index (χ0) is 25.2. The summed E-state index contributed by atoms with van der Waals surface area (Å²) in [5.41, 5.74) is 0.283. The second-order valence-electron chi connectivity index (χ2n) is 7.47. The topological polar surface area (TPSA) is 121 Å². The van der Waals surface area contributed by atoms with Crippen molar-refractivity contribution >= 4 is 40.1 Å². The maximum absolute atomic E-state index is 12.4. The summed E-state index contributed by atoms with van der Waals surface area (Å²) in [6, 6.07) is 8.36. The largest absolute Gasteiger partial charge is 0.494 e. The van der Waals surface area contributed by atoms with Crippen molar-refractivity contribution in [2.45, 2.75) is 50.1 Å². The highest BCUT2D eigenvalue weighted by atomic mass is 32.2. The van der Waals surface area contributed by atoms with Gasteiger partial charge in [0.2, 0.25) is 22.2 Å². The molecule has 186 valence electrons. The van der Waals surface area contributed by atoms with Crippen molar-refractivity contribution < 1.29 is 23.5 Å². The SMILES string of the molecule is CCOc1ccc(CC(=O)Oc2coc(CSc3nnc(NC(=O)C(CC)CC)s3)cc2=O)cc1. The van der Waals surface area contributed by atoms with Gasteiger partial charge in [-0.15, -0.1) is 10.2 Å². The van der Waals surface area contributed by atoms with Crippen LogP contribution < -0.4 is 20.2 Å². The molecule has 9 nitrogen and oxygen atoms in total. The van der Waals surface area contributed by atoms with Gasteiger partial charge in [0, 0.05) is 12.0 Å². The lowest BCUT2D eigenvalue weighted by Crippen LogP contribution is -2.21. The fourth-order valence-corrected chi connectivity index (χ4v) is 4.75. The average molecular weight is 518 g/mol. The van der Waals surface area contributed by atoms with E-state index in [1.807, 2.05) is 20.8 Å². The van der Waals surface area contributed by atoms with Gasteiger partial charge in [-0.1, -0.05) is 49.1 Å². The average Bonchev–Trinajstić information content (AvgIpc) is 3.28. The Kier molecular flexibility index (Phi) is 9.86. The van der Waals surface area contributed by atoms with Crippen molar-refractivity contribution in [1.82, 2.24) is 10.2 Å². The molecule has 0 unspecified atom stereocenters. The Morgan fingerprint density at radius 3 is 2.54 bits per heavy atom. The monoisotopic (exact) mass is 517 g/mol. The molecule has 2 aromatic heterocycles. The van der Waals surface area contributed by atoms with Gasteiger partial charge in [-0.05, 0) is 37.5 Å². The molecule has 3 aromatic rings. The van der Waals surface area contributed by atoms with Crippen LogP contribution in [0.5, 0.6) is 11.5 Å². The molecule has 0 aliphatic carbocycles. The van der Waals surface area contributed by atoms with E-state index in [0.29, 0.717) is 27.6 Å². The summed E-state index contributed by atoms with van der Waals surface area (Å²) >= 11 is 2.57. The Hall–Kier alpha value is -3.18. The van der Waals surface area contributed by atoms with Gasteiger partial charge in [0.1, 0.15) is 17.8 Å². The number of hydrogen-bond acceptors (Lipinski definition) is 10. The number of hydrogen-bond donors (Lipinski definition) is 1. The normalized spacial score (nSPS) is 10.9. The number of thioether (sulfide) groups is 1. The van der Waals surface area contributed by atoms with Crippen molar-refractivity contribution in [3.63, 3.8) is 0 Å². The van der Waals surface area contributed by atoms with Crippen molar-refractivity contribution in [3.05, 3.63) is 58.1 Å². The van der Waals surface area contributed by atoms with E-state index in [0.717, 1.165) is 30.4 Å². The lowest BCUT2D eigenvalue weighted by Gasteiger charge is -2.09. The number of esters is 1. The van der Waals surface area contributed by atoms with E-state index < -0.39 is 11.4 Å². The molecule has 11 heteroatoms. The van der Waals surface area contributed by atoms with Crippen molar-refractivity contribution in [1.29, 1.82) is 0 Å². The molecule has 0 atom stereocenters. The maximum Gasteiger partial charge on any atom is 0.315 e. The quantitative estimate of drug-likeness (QED) is 0.207. The molecule has 0 radical (unpaired) electrons. The van der Waals surface area contributed by atoms with Gasteiger partial charge in [-0.2, -0.15) is 0 Å². The molecule has 0 saturated carbocycles. The molecule has 35 heavy (non-hydrogen) atoms. The summed E-state index contributed by atoms with van der Waals surface area (Å²) in [7, 11) is 0. The highest BCUT2D eigenvalue weighted by Gasteiger charge is 2.17. The summed E-state index contributed by atoms with van der Waals surface area (Å²) < 4.78 is 16.6. The second-order valence-corrected chi connectivity index (χ2v) is 9.67. The van der Waals surface area contributed by atoms with E-state index in [4.69, 9.17) is 13.9 Å². The minimum absolute atomic E-state index is 0.0105. The van der Waals surface area contributed by atoms with Crippen LogP contribution >= 0.6 is 23.1 Å². The third-order valence-electron chi connectivity index (χ3n) is 4.99. The lowest BCUT2D eigenvalue weighted by atomic mass is 10.0. The fraction of sp³-hybridized carbons (Fsp3) is 0.375. The van der Waals surface area contributed by atoms with E-state index in [9.17, 15) is 14.4 Å². The van der Waals surface area contributed by atoms with Crippen LogP contribution in [0.3, 0.4) is 0 Å². The van der Waals surface area contributed by atoms with E-state index in [1.165, 1.54) is 29.2 Å². The van der Waals surface area contributed by atoms with Crippen LogP contribution in [0.2, 0.25) is 0 Å². The Balaban J connectivity index is 1.51. The van der Waals surface area contributed by atoms with E-state index in [1.54, 1.807) is 24.3 Å². The van der Waals surface area contributed by atoms with Crippen LogP contribution in [-0.2, 0) is 21.8 Å². The fourth-order valence-electron chi connectivity index (χ4n) is 3.10. The number of nitrogens with zero attached hydrogens (tertiary/aromatic N) is 2. The highest BCUT2D eigenvalue weighted by molar-refractivity contribution is 8.00. The molecule has 3 rings (SSSR count). The number of benzene rings is 1. The summed E-state index contributed by atoms with van der Waals surface area (Å²) in [5, 5.41) is 11.3. The first-order valence-corrected chi connectivity index (χ1v) is 13.0. The summed E-state index contributed by atoms with van der Waals surface area (Å²) in [6.07, 6.45) is 2.66. The minimum atomic E-state index is -0.569. The molecule has 0 bridgehead atoms. The minimum Gasteiger partial charge on any atom is -0.494 e. The number of rotatable bonds is 12. The van der Waals surface area contributed by atoms with Crippen LogP contribution in [-0.4, -0.2) is 28.7 Å².